The molecule has 1 aromatic carbocycles. The van der Waals surface area contributed by atoms with Gasteiger partial charge in [0.15, 0.2) is 0 Å². The van der Waals surface area contributed by atoms with Crippen molar-refractivity contribution in [3.8, 4) is 0 Å². The molecule has 0 heterocycles. The zero-order valence-corrected chi connectivity index (χ0v) is 10.6. The average Bonchev–Trinajstić information content (AvgIpc) is 2.27. The molecule has 1 N–H and O–H groups in total. The van der Waals surface area contributed by atoms with Crippen LogP contribution in [-0.2, 0) is 14.3 Å². The lowest BCUT2D eigenvalue weighted by atomic mass is 10.2. The smallest absolute Gasteiger partial charge is 0.335 e. The molecule has 0 bridgehead atoms. The highest BCUT2D eigenvalue weighted by Crippen LogP contribution is 2.16. The zero-order valence-electron chi connectivity index (χ0n) is 9.80. The lowest BCUT2D eigenvalue weighted by Crippen LogP contribution is -1.92. The molecule has 0 spiro atoms. The van der Waals surface area contributed by atoms with Crippen molar-refractivity contribution in [2.24, 2.45) is 0 Å². The predicted molar refractivity (Wildman–Crippen MR) is 70.1 cm³/mol. The first-order chi connectivity index (χ1) is 8.47. The van der Waals surface area contributed by atoms with Crippen LogP contribution in [0.25, 0.3) is 6.08 Å². The first kappa shape index (κ1) is 15.9. The SMILES string of the molecule is C=COC(=O)/C=C/c1ccccc1Cl.CC(=O)O. The summed E-state index contributed by atoms with van der Waals surface area (Å²) in [6.07, 6.45) is 3.97. The Balaban J connectivity index is 0.000000631. The lowest BCUT2D eigenvalue weighted by molar-refractivity contribution is -0.134. The third-order valence-corrected chi connectivity index (χ3v) is 1.85. The van der Waals surface area contributed by atoms with Crippen molar-refractivity contribution in [1.82, 2.24) is 0 Å². The molecule has 1 aromatic rings. The van der Waals surface area contributed by atoms with E-state index in [1.807, 2.05) is 12.1 Å². The number of carboxylic acid groups (broad SMARTS) is 1. The number of carbonyl (C=O) groups is 2. The lowest BCUT2D eigenvalue weighted by Gasteiger charge is -1.95. The molecule has 0 aliphatic heterocycles. The number of halogens is 1. The van der Waals surface area contributed by atoms with E-state index in [9.17, 15) is 4.79 Å². The van der Waals surface area contributed by atoms with E-state index in [2.05, 4.69) is 11.3 Å². The molecule has 0 aliphatic rings. The monoisotopic (exact) mass is 268 g/mol. The minimum atomic E-state index is -0.833. The average molecular weight is 269 g/mol. The molecule has 0 amide bonds. The molecule has 0 fully saturated rings. The van der Waals surface area contributed by atoms with E-state index >= 15 is 0 Å². The Labute approximate surface area is 110 Å². The largest absolute Gasteiger partial charge is 0.481 e. The van der Waals surface area contributed by atoms with Gasteiger partial charge in [0.1, 0.15) is 0 Å². The predicted octanol–water partition coefficient (Wildman–Crippen LogP) is 3.13. The molecule has 0 aromatic heterocycles. The summed E-state index contributed by atoms with van der Waals surface area (Å²) < 4.78 is 4.50. The Bertz CT molecular complexity index is 448. The number of esters is 1. The molecule has 0 radical (unpaired) electrons. The maximum absolute atomic E-state index is 10.9. The first-order valence-electron chi connectivity index (χ1n) is 4.91. The molecule has 0 atom stereocenters. The van der Waals surface area contributed by atoms with Crippen LogP contribution >= 0.6 is 11.6 Å². The summed E-state index contributed by atoms with van der Waals surface area (Å²) in [6, 6.07) is 7.21. The molecular weight excluding hydrogens is 256 g/mol. The minimum absolute atomic E-state index is 0.472. The molecule has 0 saturated heterocycles. The highest BCUT2D eigenvalue weighted by Gasteiger charge is 1.96. The summed E-state index contributed by atoms with van der Waals surface area (Å²) in [5, 5.41) is 8.01. The van der Waals surface area contributed by atoms with Crippen LogP contribution in [0.3, 0.4) is 0 Å². The number of benzene rings is 1. The van der Waals surface area contributed by atoms with Crippen LogP contribution < -0.4 is 0 Å². The quantitative estimate of drug-likeness (QED) is 0.520. The van der Waals surface area contributed by atoms with Crippen LogP contribution in [0.1, 0.15) is 12.5 Å². The molecule has 18 heavy (non-hydrogen) atoms. The molecule has 0 aliphatic carbocycles. The van der Waals surface area contributed by atoms with E-state index in [1.165, 1.54) is 6.08 Å². The molecule has 0 saturated carbocycles. The Morgan fingerprint density at radius 2 is 1.94 bits per heavy atom. The summed E-state index contributed by atoms with van der Waals surface area (Å²) >= 11 is 5.86. The van der Waals surface area contributed by atoms with Gasteiger partial charge in [-0.3, -0.25) is 4.79 Å². The summed E-state index contributed by atoms with van der Waals surface area (Å²) in [6.45, 7) is 4.35. The van der Waals surface area contributed by atoms with E-state index in [1.54, 1.807) is 18.2 Å². The van der Waals surface area contributed by atoms with Crippen LogP contribution in [-0.4, -0.2) is 17.0 Å². The topological polar surface area (TPSA) is 63.6 Å². The van der Waals surface area contributed by atoms with Crippen LogP contribution in [0.2, 0.25) is 5.02 Å². The standard InChI is InChI=1S/C11H9ClO2.C2H4O2/c1-2-14-11(13)8-7-9-5-3-4-6-10(9)12;1-2(3)4/h2-8H,1H2;1H3,(H,3,4)/b8-7+;. The number of ether oxygens (including phenoxy) is 1. The Morgan fingerprint density at radius 3 is 2.44 bits per heavy atom. The van der Waals surface area contributed by atoms with Gasteiger partial charge in [-0.1, -0.05) is 36.4 Å². The highest BCUT2D eigenvalue weighted by atomic mass is 35.5. The fourth-order valence-corrected chi connectivity index (χ4v) is 1.09. The zero-order chi connectivity index (χ0) is 14.0. The van der Waals surface area contributed by atoms with Gasteiger partial charge in [0, 0.05) is 18.0 Å². The van der Waals surface area contributed by atoms with Gasteiger partial charge < -0.3 is 9.84 Å². The molecule has 0 unspecified atom stereocenters. The van der Waals surface area contributed by atoms with Crippen molar-refractivity contribution in [2.45, 2.75) is 6.92 Å². The highest BCUT2D eigenvalue weighted by molar-refractivity contribution is 6.32. The van der Waals surface area contributed by atoms with Gasteiger partial charge in [-0.2, -0.15) is 0 Å². The van der Waals surface area contributed by atoms with E-state index in [0.29, 0.717) is 5.02 Å². The van der Waals surface area contributed by atoms with Crippen molar-refractivity contribution >= 4 is 29.6 Å². The third kappa shape index (κ3) is 8.13. The van der Waals surface area contributed by atoms with Crippen LogP contribution in [0.5, 0.6) is 0 Å². The second kappa shape index (κ2) is 9.01. The fourth-order valence-electron chi connectivity index (χ4n) is 0.889. The molecule has 96 valence electrons. The fraction of sp³-hybridized carbons (Fsp3) is 0.0769. The second-order valence-electron chi connectivity index (χ2n) is 2.98. The van der Waals surface area contributed by atoms with E-state index in [4.69, 9.17) is 21.5 Å². The number of hydrogen-bond acceptors (Lipinski definition) is 3. The Morgan fingerprint density at radius 1 is 1.39 bits per heavy atom. The van der Waals surface area contributed by atoms with Crippen molar-refractivity contribution < 1.29 is 19.4 Å². The minimum Gasteiger partial charge on any atom is -0.481 e. The molecule has 4 nitrogen and oxygen atoms in total. The van der Waals surface area contributed by atoms with Gasteiger partial charge in [-0.15, -0.1) is 0 Å². The van der Waals surface area contributed by atoms with Gasteiger partial charge >= 0.3 is 5.97 Å². The number of hydrogen-bond donors (Lipinski definition) is 1. The number of rotatable bonds is 3. The Hall–Kier alpha value is -2.07. The normalized spacial score (nSPS) is 9.22. The van der Waals surface area contributed by atoms with Crippen molar-refractivity contribution in [3.63, 3.8) is 0 Å². The van der Waals surface area contributed by atoms with Crippen molar-refractivity contribution in [1.29, 1.82) is 0 Å². The van der Waals surface area contributed by atoms with Gasteiger partial charge in [-0.25, -0.2) is 4.79 Å². The second-order valence-corrected chi connectivity index (χ2v) is 3.38. The van der Waals surface area contributed by atoms with Gasteiger partial charge in [0.05, 0.1) is 6.26 Å². The number of carbonyl (C=O) groups excluding carboxylic acids is 1. The van der Waals surface area contributed by atoms with Crippen molar-refractivity contribution in [3.05, 3.63) is 53.8 Å². The molecule has 1 rings (SSSR count). The van der Waals surface area contributed by atoms with Gasteiger partial charge in [-0.05, 0) is 17.7 Å². The summed E-state index contributed by atoms with van der Waals surface area (Å²) in [5.74, 6) is -1.31. The van der Waals surface area contributed by atoms with Crippen LogP contribution in [0.4, 0.5) is 0 Å². The Kier molecular flexibility index (Phi) is 7.98. The number of carboxylic acids is 1. The molecule has 5 heteroatoms. The van der Waals surface area contributed by atoms with Crippen LogP contribution in [0, 0.1) is 0 Å². The first-order valence-corrected chi connectivity index (χ1v) is 5.28. The maximum atomic E-state index is 10.9. The van der Waals surface area contributed by atoms with Crippen LogP contribution in [0.15, 0.2) is 43.2 Å². The summed E-state index contributed by atoms with van der Waals surface area (Å²) in [7, 11) is 0. The van der Waals surface area contributed by atoms with Crippen molar-refractivity contribution in [2.75, 3.05) is 0 Å². The van der Waals surface area contributed by atoms with E-state index in [-0.39, 0.29) is 0 Å². The number of aliphatic carboxylic acids is 1. The van der Waals surface area contributed by atoms with Gasteiger partial charge in [0.25, 0.3) is 5.97 Å². The summed E-state index contributed by atoms with van der Waals surface area (Å²) in [5.41, 5.74) is 0.773. The third-order valence-electron chi connectivity index (χ3n) is 1.50. The molecular formula is C13H13ClO4. The van der Waals surface area contributed by atoms with E-state index < -0.39 is 11.9 Å². The van der Waals surface area contributed by atoms with E-state index in [0.717, 1.165) is 18.7 Å². The summed E-state index contributed by atoms with van der Waals surface area (Å²) in [4.78, 5) is 19.9. The van der Waals surface area contributed by atoms with Gasteiger partial charge in [0.2, 0.25) is 0 Å². The maximum Gasteiger partial charge on any atom is 0.335 e.